The number of amides is 2. The van der Waals surface area contributed by atoms with Crippen molar-refractivity contribution < 1.29 is 23.1 Å². The Balaban J connectivity index is 1.38. The number of pyridine rings is 2. The number of carbonyl (C=O) groups excluding carboxylic acids is 2. The van der Waals surface area contributed by atoms with Gasteiger partial charge in [0.05, 0.1) is 18.3 Å². The molecule has 4 heterocycles. The molecule has 1 saturated heterocycles. The minimum absolute atomic E-state index is 0.102. The van der Waals surface area contributed by atoms with Crippen molar-refractivity contribution in [3.05, 3.63) is 36.2 Å². The van der Waals surface area contributed by atoms with E-state index >= 15 is 0 Å². The normalized spacial score (nSPS) is 22.0. The summed E-state index contributed by atoms with van der Waals surface area (Å²) in [5.74, 6) is -2.79. The fourth-order valence-corrected chi connectivity index (χ4v) is 4.41. The first-order chi connectivity index (χ1) is 15.9. The molecule has 1 N–H and O–H groups in total. The van der Waals surface area contributed by atoms with Crippen molar-refractivity contribution in [3.63, 3.8) is 0 Å². The number of nitrogens with one attached hydrogen (secondary N) is 1. The monoisotopic (exact) mass is 457 g/mol. The zero-order valence-corrected chi connectivity index (χ0v) is 18.3. The molecule has 5 rings (SSSR count). The van der Waals surface area contributed by atoms with E-state index in [9.17, 15) is 18.4 Å². The van der Waals surface area contributed by atoms with Gasteiger partial charge in [-0.15, -0.1) is 0 Å². The number of anilines is 3. The van der Waals surface area contributed by atoms with Crippen LogP contribution in [0.4, 0.5) is 30.9 Å². The van der Waals surface area contributed by atoms with Crippen LogP contribution in [0.15, 0.2) is 30.5 Å². The van der Waals surface area contributed by atoms with E-state index in [1.165, 1.54) is 0 Å². The first-order valence-electron chi connectivity index (χ1n) is 11.2. The molecule has 10 heteroatoms. The second-order valence-electron chi connectivity index (χ2n) is 8.74. The third-order valence-electron chi connectivity index (χ3n) is 6.28. The van der Waals surface area contributed by atoms with Gasteiger partial charge in [0.15, 0.2) is 11.6 Å². The molecule has 2 aliphatic heterocycles. The number of nitrogens with zero attached hydrogens (tertiary/aromatic N) is 4. The fourth-order valence-electron chi connectivity index (χ4n) is 4.41. The Morgan fingerprint density at radius 2 is 2.12 bits per heavy atom. The number of fused-ring (bicyclic) bond motifs is 4. The zero-order chi connectivity index (χ0) is 23.2. The van der Waals surface area contributed by atoms with Crippen LogP contribution in [-0.2, 0) is 0 Å². The Morgan fingerprint density at radius 1 is 1.30 bits per heavy atom. The van der Waals surface area contributed by atoms with Crippen molar-refractivity contribution in [1.82, 2.24) is 9.97 Å². The number of aromatic nitrogens is 2. The van der Waals surface area contributed by atoms with Gasteiger partial charge in [0, 0.05) is 44.1 Å². The molecule has 0 aromatic carbocycles. The number of carbonyl (C=O) groups is 2. The maximum Gasteiger partial charge on any atom is 0.329 e. The predicted molar refractivity (Wildman–Crippen MR) is 118 cm³/mol. The molecule has 0 radical (unpaired) electrons. The molecule has 8 nitrogen and oxygen atoms in total. The number of ether oxygens (including phenoxy) is 1. The third kappa shape index (κ3) is 4.21. The highest BCUT2D eigenvalue weighted by atomic mass is 19.3. The standard InChI is InChI=1S/C23H25F2N5O3/c1-2-9-33-16-5-7-26-20(11-16)28-22(32)30-15-6-8-29(13-15)18-4-3-17(27-21(18)30)19(31)10-14-12-23(14,24)25/h3-5,7,11,14-15H,2,6,8-10,12-13H2,1H3,(H,26,28,32)/t14?,15-/m0/s1. The lowest BCUT2D eigenvalue weighted by Gasteiger charge is -2.35. The zero-order valence-electron chi connectivity index (χ0n) is 18.3. The molecule has 2 amide bonds. The smallest absolute Gasteiger partial charge is 0.329 e. The van der Waals surface area contributed by atoms with E-state index < -0.39 is 23.7 Å². The van der Waals surface area contributed by atoms with Crippen molar-refractivity contribution in [2.24, 2.45) is 5.92 Å². The van der Waals surface area contributed by atoms with Crippen LogP contribution >= 0.6 is 0 Å². The lowest BCUT2D eigenvalue weighted by molar-refractivity contribution is 0.0830. The fraction of sp³-hybridized carbons (Fsp3) is 0.478. The Morgan fingerprint density at radius 3 is 2.88 bits per heavy atom. The summed E-state index contributed by atoms with van der Waals surface area (Å²) in [5, 5.41) is 2.81. The molecular weight excluding hydrogens is 432 g/mol. The molecule has 33 heavy (non-hydrogen) atoms. The molecule has 1 saturated carbocycles. The molecule has 2 aromatic heterocycles. The number of rotatable bonds is 7. The summed E-state index contributed by atoms with van der Waals surface area (Å²) in [5.41, 5.74) is 0.852. The van der Waals surface area contributed by atoms with Gasteiger partial charge >= 0.3 is 6.03 Å². The largest absolute Gasteiger partial charge is 0.493 e. The van der Waals surface area contributed by atoms with Gasteiger partial charge < -0.3 is 9.64 Å². The Hall–Kier alpha value is -3.30. The molecule has 1 unspecified atom stereocenters. The number of urea groups is 1. The lowest BCUT2D eigenvalue weighted by atomic mass is 10.1. The van der Waals surface area contributed by atoms with E-state index in [0.29, 0.717) is 30.5 Å². The second-order valence-corrected chi connectivity index (χ2v) is 8.74. The summed E-state index contributed by atoms with van der Waals surface area (Å²) in [6.07, 6.45) is 2.67. The molecule has 0 spiro atoms. The van der Waals surface area contributed by atoms with Crippen molar-refractivity contribution in [2.45, 2.75) is 44.6 Å². The maximum absolute atomic E-state index is 13.3. The molecule has 2 bridgehead atoms. The number of Topliss-reactive ketones (excluding diaryl/α,β-unsaturated/α-hetero) is 1. The van der Waals surface area contributed by atoms with Gasteiger partial charge in [-0.05, 0) is 31.0 Å². The summed E-state index contributed by atoms with van der Waals surface area (Å²) < 4.78 is 32.2. The van der Waals surface area contributed by atoms with E-state index in [-0.39, 0.29) is 24.6 Å². The van der Waals surface area contributed by atoms with Crippen LogP contribution in [-0.4, -0.2) is 53.4 Å². The molecule has 2 fully saturated rings. The first-order valence-corrected chi connectivity index (χ1v) is 11.2. The van der Waals surface area contributed by atoms with E-state index in [4.69, 9.17) is 4.74 Å². The average molecular weight is 457 g/mol. The van der Waals surface area contributed by atoms with Crippen LogP contribution in [0, 0.1) is 5.92 Å². The Kier molecular flexibility index (Phi) is 5.38. The highest BCUT2D eigenvalue weighted by molar-refractivity contribution is 6.05. The van der Waals surface area contributed by atoms with E-state index in [1.807, 2.05) is 6.92 Å². The van der Waals surface area contributed by atoms with Crippen molar-refractivity contribution in [1.29, 1.82) is 0 Å². The average Bonchev–Trinajstić information content (AvgIpc) is 3.18. The van der Waals surface area contributed by atoms with Crippen molar-refractivity contribution >= 4 is 29.1 Å². The van der Waals surface area contributed by atoms with Crippen LogP contribution in [0.1, 0.15) is 43.1 Å². The number of ketones is 1. The number of alkyl halides is 2. The van der Waals surface area contributed by atoms with Crippen LogP contribution in [0.25, 0.3) is 0 Å². The first kappa shape index (κ1) is 21.5. The molecular formula is C23H25F2N5O3. The van der Waals surface area contributed by atoms with E-state index in [2.05, 4.69) is 20.2 Å². The van der Waals surface area contributed by atoms with E-state index in [0.717, 1.165) is 25.1 Å². The summed E-state index contributed by atoms with van der Waals surface area (Å²) in [6.45, 7) is 3.99. The predicted octanol–water partition coefficient (Wildman–Crippen LogP) is 4.12. The Labute approximate surface area is 189 Å². The summed E-state index contributed by atoms with van der Waals surface area (Å²) >= 11 is 0. The number of hydrogen-bond acceptors (Lipinski definition) is 6. The third-order valence-corrected chi connectivity index (χ3v) is 6.28. The molecule has 174 valence electrons. The van der Waals surface area contributed by atoms with Crippen molar-refractivity contribution in [3.8, 4) is 5.75 Å². The van der Waals surface area contributed by atoms with Gasteiger partial charge in [-0.3, -0.25) is 15.0 Å². The highest BCUT2D eigenvalue weighted by Crippen LogP contribution is 2.51. The van der Waals surface area contributed by atoms with Crippen molar-refractivity contribution in [2.75, 3.05) is 34.8 Å². The minimum Gasteiger partial charge on any atom is -0.493 e. The van der Waals surface area contributed by atoms with Crippen LogP contribution in [0.2, 0.25) is 0 Å². The maximum atomic E-state index is 13.3. The quantitative estimate of drug-likeness (QED) is 0.630. The van der Waals surface area contributed by atoms with Gasteiger partial charge in [0.1, 0.15) is 17.3 Å². The summed E-state index contributed by atoms with van der Waals surface area (Å²) in [4.78, 5) is 38.2. The highest BCUT2D eigenvalue weighted by Gasteiger charge is 2.57. The topological polar surface area (TPSA) is 87.7 Å². The SMILES string of the molecule is CCCOc1ccnc(NC(=O)N2c3nc(C(=O)CC4CC4(F)F)ccc3N3CC[C@H]2C3)c1. The van der Waals surface area contributed by atoms with Crippen LogP contribution in [0.5, 0.6) is 5.75 Å². The molecule has 2 atom stereocenters. The number of halogens is 2. The van der Waals surface area contributed by atoms with Gasteiger partial charge in [-0.1, -0.05) is 6.92 Å². The number of hydrogen-bond donors (Lipinski definition) is 1. The molecule has 3 aliphatic rings. The van der Waals surface area contributed by atoms with Gasteiger partial charge in [0.2, 0.25) is 0 Å². The van der Waals surface area contributed by atoms with Crippen LogP contribution < -0.4 is 19.9 Å². The van der Waals surface area contributed by atoms with E-state index in [1.54, 1.807) is 35.4 Å². The van der Waals surface area contributed by atoms with Gasteiger partial charge in [-0.25, -0.2) is 23.5 Å². The molecule has 1 aliphatic carbocycles. The van der Waals surface area contributed by atoms with Gasteiger partial charge in [-0.2, -0.15) is 0 Å². The second kappa shape index (κ2) is 8.24. The van der Waals surface area contributed by atoms with Gasteiger partial charge in [0.25, 0.3) is 5.92 Å². The summed E-state index contributed by atoms with van der Waals surface area (Å²) in [6, 6.07) is 6.17. The molecule has 2 aromatic rings. The summed E-state index contributed by atoms with van der Waals surface area (Å²) in [7, 11) is 0. The Bertz CT molecular complexity index is 1100. The minimum atomic E-state index is -2.76. The van der Waals surface area contributed by atoms with Crippen LogP contribution in [0.3, 0.4) is 0 Å². The lowest BCUT2D eigenvalue weighted by Crippen LogP contribution is -2.48.